The molecule has 0 heterocycles. The lowest BCUT2D eigenvalue weighted by molar-refractivity contribution is -0.117. The van der Waals surface area contributed by atoms with Gasteiger partial charge in [-0.1, -0.05) is 32.0 Å². The van der Waals surface area contributed by atoms with Crippen molar-refractivity contribution >= 4 is 12.4 Å². The van der Waals surface area contributed by atoms with E-state index in [1.54, 1.807) is 0 Å². The first-order valence-corrected chi connectivity index (χ1v) is 12.2. The summed E-state index contributed by atoms with van der Waals surface area (Å²) < 4.78 is 31.8. The number of carbonyl (C=O) groups is 2. The van der Waals surface area contributed by atoms with Crippen LogP contribution in [0.15, 0.2) is 18.2 Å². The van der Waals surface area contributed by atoms with Crippen molar-refractivity contribution in [3.8, 4) is 0 Å². The van der Waals surface area contributed by atoms with Crippen LogP contribution >= 0.6 is 0 Å². The van der Waals surface area contributed by atoms with Crippen LogP contribution in [0.3, 0.4) is 0 Å². The maximum absolute atomic E-state index is 12.9. The van der Waals surface area contributed by atoms with Gasteiger partial charge in [-0.25, -0.2) is 13.6 Å². The maximum atomic E-state index is 12.9. The molecule has 1 unspecified atom stereocenters. The van der Waals surface area contributed by atoms with Gasteiger partial charge in [-0.15, -0.1) is 0 Å². The quantitative estimate of drug-likeness (QED) is 0.480. The van der Waals surface area contributed by atoms with E-state index in [1.165, 1.54) is 11.1 Å². The molecule has 0 aliphatic heterocycles. The molecular formula is C26H38F2N2O3. The summed E-state index contributed by atoms with van der Waals surface area (Å²) in [5.74, 6) is 0.590. The highest BCUT2D eigenvalue weighted by atomic mass is 19.3. The number of benzene rings is 1. The van der Waals surface area contributed by atoms with E-state index in [-0.39, 0.29) is 30.1 Å². The van der Waals surface area contributed by atoms with E-state index >= 15 is 0 Å². The highest BCUT2D eigenvalue weighted by Crippen LogP contribution is 2.54. The number of urea groups is 1. The zero-order chi connectivity index (χ0) is 24.2. The summed E-state index contributed by atoms with van der Waals surface area (Å²) in [7, 11) is 0. The maximum Gasteiger partial charge on any atom is 0.324 e. The fourth-order valence-electron chi connectivity index (χ4n) is 5.41. The van der Waals surface area contributed by atoms with Crippen molar-refractivity contribution in [2.45, 2.75) is 97.3 Å². The molecule has 1 atom stereocenters. The summed E-state index contributed by atoms with van der Waals surface area (Å²) in [6.07, 6.45) is 4.19. The molecule has 0 radical (unpaired) electrons. The van der Waals surface area contributed by atoms with E-state index in [4.69, 9.17) is 4.74 Å². The van der Waals surface area contributed by atoms with Crippen LogP contribution in [0, 0.1) is 11.3 Å². The molecule has 33 heavy (non-hydrogen) atoms. The minimum absolute atomic E-state index is 0.166. The molecular weight excluding hydrogens is 426 g/mol. The van der Waals surface area contributed by atoms with Gasteiger partial charge < -0.3 is 10.1 Å². The number of aryl methyl sites for hydroxylation is 1. The smallest absolute Gasteiger partial charge is 0.324 e. The topological polar surface area (TPSA) is 58.6 Å². The summed E-state index contributed by atoms with van der Waals surface area (Å²) in [6.45, 7) is 7.56. The summed E-state index contributed by atoms with van der Waals surface area (Å²) in [4.78, 5) is 24.7. The third kappa shape index (κ3) is 6.31. The fourth-order valence-corrected chi connectivity index (χ4v) is 5.41. The summed E-state index contributed by atoms with van der Waals surface area (Å²) in [6, 6.07) is 5.44. The first-order valence-electron chi connectivity index (χ1n) is 12.2. The van der Waals surface area contributed by atoms with Crippen LogP contribution in [0.5, 0.6) is 0 Å². The predicted molar refractivity (Wildman–Crippen MR) is 124 cm³/mol. The van der Waals surface area contributed by atoms with Crippen molar-refractivity contribution in [1.82, 2.24) is 10.2 Å². The minimum atomic E-state index is -2.77. The number of ether oxygens (including phenoxy) is 1. The van der Waals surface area contributed by atoms with Crippen LogP contribution in [0.1, 0.15) is 82.5 Å². The molecule has 3 amide bonds. The number of hydrogen-bond donors (Lipinski definition) is 1. The van der Waals surface area contributed by atoms with Crippen LogP contribution < -0.4 is 5.32 Å². The van der Waals surface area contributed by atoms with E-state index < -0.39 is 19.0 Å². The third-order valence-electron chi connectivity index (χ3n) is 7.07. The van der Waals surface area contributed by atoms with E-state index in [2.05, 4.69) is 37.4 Å². The first-order chi connectivity index (χ1) is 15.6. The first kappa shape index (κ1) is 25.6. The van der Waals surface area contributed by atoms with Crippen molar-refractivity contribution in [3.05, 3.63) is 34.9 Å². The molecule has 1 aromatic rings. The number of nitrogens with zero attached hydrogens (tertiary/aromatic N) is 1. The summed E-state index contributed by atoms with van der Waals surface area (Å²) in [5.41, 5.74) is 3.29. The van der Waals surface area contributed by atoms with Crippen molar-refractivity contribution in [3.63, 3.8) is 0 Å². The van der Waals surface area contributed by atoms with Gasteiger partial charge in [-0.2, -0.15) is 0 Å². The Kier molecular flexibility index (Phi) is 8.48. The number of carbonyl (C=O) groups excluding carboxylic acids is 2. The van der Waals surface area contributed by atoms with E-state index in [0.29, 0.717) is 10.8 Å². The van der Waals surface area contributed by atoms with Gasteiger partial charge in [0.15, 0.2) is 0 Å². The lowest BCUT2D eigenvalue weighted by atomic mass is 9.68. The van der Waals surface area contributed by atoms with E-state index in [0.717, 1.165) is 50.5 Å². The lowest BCUT2D eigenvalue weighted by Gasteiger charge is -2.42. The van der Waals surface area contributed by atoms with Crippen molar-refractivity contribution in [1.29, 1.82) is 0 Å². The Bertz CT molecular complexity index is 820. The second-order valence-corrected chi connectivity index (χ2v) is 10.4. The molecule has 2 aliphatic rings. The molecule has 7 heteroatoms. The molecule has 1 spiro atoms. The highest BCUT2D eigenvalue weighted by Gasteiger charge is 2.49. The minimum Gasteiger partial charge on any atom is -0.376 e. The second kappa shape index (κ2) is 10.9. The number of amides is 3. The second-order valence-electron chi connectivity index (χ2n) is 10.4. The fraction of sp³-hybridized carbons (Fsp3) is 0.692. The molecule has 5 nitrogen and oxygen atoms in total. The summed E-state index contributed by atoms with van der Waals surface area (Å²) in [5, 5.41) is 2.98. The Morgan fingerprint density at radius 1 is 1.24 bits per heavy atom. The Labute approximate surface area is 196 Å². The lowest BCUT2D eigenvalue weighted by Crippen LogP contribution is -2.48. The molecule has 0 bridgehead atoms. The largest absolute Gasteiger partial charge is 0.376 e. The summed E-state index contributed by atoms with van der Waals surface area (Å²) >= 11 is 0. The number of nitrogens with one attached hydrogen (secondary N) is 1. The molecule has 1 fully saturated rings. The van der Waals surface area contributed by atoms with Gasteiger partial charge in [0.25, 0.3) is 6.43 Å². The standard InChI is InChI=1S/C26H38F2N2O3/c1-17(2)5-6-19-7-8-20-14-26(11-9-21(10-12-26)33-18(3)4)24(22(20)13-19)29-25(32)30(16-31)15-23(27)28/h7-8,13,16-18,21,23-24H,5-6,9-12,14-15H2,1-4H3,(H,29,32)/t21-,24?,26-. The highest BCUT2D eigenvalue weighted by molar-refractivity contribution is 5.85. The van der Waals surface area contributed by atoms with Crippen molar-refractivity contribution in [2.24, 2.45) is 11.3 Å². The zero-order valence-corrected chi connectivity index (χ0v) is 20.3. The third-order valence-corrected chi connectivity index (χ3v) is 7.07. The molecule has 1 aromatic carbocycles. The molecule has 184 valence electrons. The normalized spacial score (nSPS) is 24.5. The molecule has 0 aromatic heterocycles. The van der Waals surface area contributed by atoms with Crippen molar-refractivity contribution in [2.75, 3.05) is 6.54 Å². The number of rotatable bonds is 9. The van der Waals surface area contributed by atoms with Crippen molar-refractivity contribution < 1.29 is 23.1 Å². The number of hydrogen-bond acceptors (Lipinski definition) is 3. The average molecular weight is 465 g/mol. The van der Waals surface area contributed by atoms with Crippen LogP contribution in [-0.2, 0) is 22.4 Å². The van der Waals surface area contributed by atoms with Gasteiger partial charge in [0.2, 0.25) is 6.41 Å². The number of imide groups is 1. The van der Waals surface area contributed by atoms with Gasteiger partial charge in [-0.3, -0.25) is 9.69 Å². The van der Waals surface area contributed by atoms with Crippen LogP contribution in [0.4, 0.5) is 13.6 Å². The van der Waals surface area contributed by atoms with Gasteiger partial charge in [-0.05, 0) is 86.8 Å². The molecule has 1 N–H and O–H groups in total. The van der Waals surface area contributed by atoms with Crippen LogP contribution in [0.2, 0.25) is 0 Å². The Morgan fingerprint density at radius 3 is 2.52 bits per heavy atom. The van der Waals surface area contributed by atoms with Gasteiger partial charge in [0.1, 0.15) is 0 Å². The Balaban J connectivity index is 1.86. The van der Waals surface area contributed by atoms with Gasteiger partial charge in [0.05, 0.1) is 24.8 Å². The Morgan fingerprint density at radius 2 is 1.94 bits per heavy atom. The molecule has 0 saturated heterocycles. The van der Waals surface area contributed by atoms with Crippen LogP contribution in [0.25, 0.3) is 0 Å². The molecule has 2 aliphatic carbocycles. The van der Waals surface area contributed by atoms with Gasteiger partial charge >= 0.3 is 6.03 Å². The predicted octanol–water partition coefficient (Wildman–Crippen LogP) is 5.66. The van der Waals surface area contributed by atoms with E-state index in [1.807, 2.05) is 13.8 Å². The van der Waals surface area contributed by atoms with Gasteiger partial charge in [0, 0.05) is 0 Å². The van der Waals surface area contributed by atoms with Crippen LogP contribution in [-0.4, -0.2) is 42.5 Å². The number of halogens is 2. The zero-order valence-electron chi connectivity index (χ0n) is 20.3. The number of alkyl halides is 2. The number of fused-ring (bicyclic) bond motifs is 1. The molecule has 1 saturated carbocycles. The SMILES string of the molecule is CC(C)CCc1ccc2c(c1)C(NC(=O)N(C=O)CC(F)F)[C@]1(CC[C@H](OC(C)C)CC1)C2. The average Bonchev–Trinajstić information content (AvgIpc) is 3.04. The Hall–Kier alpha value is -2.02. The molecule has 3 rings (SSSR count). The van der Waals surface area contributed by atoms with E-state index in [9.17, 15) is 18.4 Å². The monoisotopic (exact) mass is 464 g/mol.